The fourth-order valence-corrected chi connectivity index (χ4v) is 2.89. The lowest BCUT2D eigenvalue weighted by Gasteiger charge is -2.15. The number of rotatable bonds is 5. The summed E-state index contributed by atoms with van der Waals surface area (Å²) >= 11 is 3.01. The molecule has 3 N–H and O–H groups in total. The third-order valence-electron chi connectivity index (χ3n) is 2.25. The minimum absolute atomic E-state index is 0.187. The average Bonchev–Trinajstić information content (AvgIpc) is 2.27. The SMILES string of the molecule is CN(CC(N)=O)S(=O)(=O)c1ccc(Br)c(C(=O)O)c1. The molecular formula is C10H11BrN2O5S. The molecule has 0 aliphatic rings. The Kier molecular flexibility index (Phi) is 4.66. The van der Waals surface area contributed by atoms with Gasteiger partial charge in [-0.2, -0.15) is 4.31 Å². The molecule has 0 bridgehead atoms. The Labute approximate surface area is 118 Å². The first-order chi connectivity index (χ1) is 8.66. The van der Waals surface area contributed by atoms with Gasteiger partial charge in [0.2, 0.25) is 15.9 Å². The van der Waals surface area contributed by atoms with Crippen molar-refractivity contribution < 1.29 is 23.1 Å². The van der Waals surface area contributed by atoms with Gasteiger partial charge in [-0.05, 0) is 34.1 Å². The molecule has 0 spiro atoms. The molecule has 0 radical (unpaired) electrons. The van der Waals surface area contributed by atoms with Crippen molar-refractivity contribution >= 4 is 37.8 Å². The summed E-state index contributed by atoms with van der Waals surface area (Å²) in [4.78, 5) is 21.4. The van der Waals surface area contributed by atoms with Crippen LogP contribution in [0.2, 0.25) is 0 Å². The fourth-order valence-electron chi connectivity index (χ4n) is 1.31. The molecule has 19 heavy (non-hydrogen) atoms. The van der Waals surface area contributed by atoms with E-state index in [0.29, 0.717) is 0 Å². The lowest BCUT2D eigenvalue weighted by molar-refractivity contribution is -0.118. The number of nitrogens with two attached hydrogens (primary N) is 1. The summed E-state index contributed by atoms with van der Waals surface area (Å²) in [7, 11) is -2.78. The summed E-state index contributed by atoms with van der Waals surface area (Å²) in [6.45, 7) is -0.485. The van der Waals surface area contributed by atoms with Gasteiger partial charge >= 0.3 is 5.97 Å². The van der Waals surface area contributed by atoms with E-state index in [0.717, 1.165) is 10.4 Å². The van der Waals surface area contributed by atoms with Gasteiger partial charge in [0, 0.05) is 11.5 Å². The molecule has 9 heteroatoms. The van der Waals surface area contributed by atoms with Crippen LogP contribution >= 0.6 is 15.9 Å². The van der Waals surface area contributed by atoms with Crippen LogP contribution in [0.25, 0.3) is 0 Å². The average molecular weight is 351 g/mol. The summed E-state index contributed by atoms with van der Waals surface area (Å²) in [6.07, 6.45) is 0. The number of halogens is 1. The summed E-state index contributed by atoms with van der Waals surface area (Å²) in [6, 6.07) is 3.57. The van der Waals surface area contributed by atoms with Crippen LogP contribution in [0.3, 0.4) is 0 Å². The molecule has 0 saturated carbocycles. The van der Waals surface area contributed by atoms with Gasteiger partial charge in [-0.3, -0.25) is 4.79 Å². The number of carboxylic acids is 1. The predicted octanol–water partition coefficient (Wildman–Crippen LogP) is 0.253. The van der Waals surface area contributed by atoms with Gasteiger partial charge in [0.1, 0.15) is 0 Å². The lowest BCUT2D eigenvalue weighted by Crippen LogP contribution is -2.35. The van der Waals surface area contributed by atoms with Crippen LogP contribution in [-0.4, -0.2) is 43.3 Å². The number of sulfonamides is 1. The molecule has 1 rings (SSSR count). The van der Waals surface area contributed by atoms with Gasteiger partial charge in [-0.15, -0.1) is 0 Å². The van der Waals surface area contributed by atoms with Gasteiger partial charge in [-0.25, -0.2) is 13.2 Å². The van der Waals surface area contributed by atoms with E-state index in [1.54, 1.807) is 0 Å². The van der Waals surface area contributed by atoms with Gasteiger partial charge in [-0.1, -0.05) is 0 Å². The van der Waals surface area contributed by atoms with Crippen molar-refractivity contribution in [2.75, 3.05) is 13.6 Å². The zero-order chi connectivity index (χ0) is 14.8. The Morgan fingerprint density at radius 3 is 2.47 bits per heavy atom. The van der Waals surface area contributed by atoms with Gasteiger partial charge in [0.25, 0.3) is 0 Å². The molecule has 0 fully saturated rings. The number of hydrogen-bond acceptors (Lipinski definition) is 4. The molecule has 1 aromatic rings. The van der Waals surface area contributed by atoms with Crippen molar-refractivity contribution in [3.8, 4) is 0 Å². The Bertz CT molecular complexity index is 629. The molecular weight excluding hydrogens is 340 g/mol. The van der Waals surface area contributed by atoms with E-state index >= 15 is 0 Å². The summed E-state index contributed by atoms with van der Waals surface area (Å²) in [5, 5.41) is 8.93. The minimum Gasteiger partial charge on any atom is -0.478 e. The van der Waals surface area contributed by atoms with Crippen LogP contribution in [0.15, 0.2) is 27.6 Å². The highest BCUT2D eigenvalue weighted by Gasteiger charge is 2.24. The molecule has 0 saturated heterocycles. The van der Waals surface area contributed by atoms with E-state index < -0.39 is 28.4 Å². The number of likely N-dealkylation sites (N-methyl/N-ethyl adjacent to an activating group) is 1. The molecule has 0 aliphatic carbocycles. The van der Waals surface area contributed by atoms with Crippen molar-refractivity contribution in [1.29, 1.82) is 0 Å². The number of aromatic carboxylic acids is 1. The van der Waals surface area contributed by atoms with E-state index in [2.05, 4.69) is 15.9 Å². The molecule has 0 aromatic heterocycles. The standard InChI is InChI=1S/C10H11BrN2O5S/c1-13(5-9(12)14)19(17,18)6-2-3-8(11)7(4-6)10(15)16/h2-4H,5H2,1H3,(H2,12,14)(H,15,16). The number of carboxylic acid groups (broad SMARTS) is 1. The number of amides is 1. The highest BCUT2D eigenvalue weighted by Crippen LogP contribution is 2.22. The zero-order valence-corrected chi connectivity index (χ0v) is 12.2. The maximum atomic E-state index is 12.1. The lowest BCUT2D eigenvalue weighted by atomic mass is 10.2. The van der Waals surface area contributed by atoms with Crippen molar-refractivity contribution in [2.24, 2.45) is 5.73 Å². The number of hydrogen-bond donors (Lipinski definition) is 2. The van der Waals surface area contributed by atoms with Crippen molar-refractivity contribution in [3.63, 3.8) is 0 Å². The van der Waals surface area contributed by atoms with Gasteiger partial charge in [0.05, 0.1) is 17.0 Å². The fraction of sp³-hybridized carbons (Fsp3) is 0.200. The molecule has 7 nitrogen and oxygen atoms in total. The van der Waals surface area contributed by atoms with Crippen LogP contribution < -0.4 is 5.73 Å². The number of nitrogens with zero attached hydrogens (tertiary/aromatic N) is 1. The maximum absolute atomic E-state index is 12.1. The first kappa shape index (κ1) is 15.6. The van der Waals surface area contributed by atoms with E-state index in [1.165, 1.54) is 19.2 Å². The maximum Gasteiger partial charge on any atom is 0.336 e. The molecule has 0 unspecified atom stereocenters. The number of carbonyl (C=O) groups excluding carboxylic acids is 1. The quantitative estimate of drug-likeness (QED) is 0.789. The largest absolute Gasteiger partial charge is 0.478 e. The number of primary amides is 1. The first-order valence-corrected chi connectivity index (χ1v) is 7.17. The van der Waals surface area contributed by atoms with Crippen LogP contribution in [0, 0.1) is 0 Å². The van der Waals surface area contributed by atoms with Gasteiger partial charge in [0.15, 0.2) is 0 Å². The molecule has 0 aliphatic heterocycles. The zero-order valence-electron chi connectivity index (χ0n) is 9.83. The van der Waals surface area contributed by atoms with Crippen LogP contribution in [0.5, 0.6) is 0 Å². The summed E-state index contributed by atoms with van der Waals surface area (Å²) in [5.74, 6) is -2.07. The Hall–Kier alpha value is -1.45. The third-order valence-corrected chi connectivity index (χ3v) is 4.75. The van der Waals surface area contributed by atoms with Crippen LogP contribution in [0.1, 0.15) is 10.4 Å². The van der Waals surface area contributed by atoms with E-state index in [-0.39, 0.29) is 14.9 Å². The number of carbonyl (C=O) groups is 2. The molecule has 1 aromatic carbocycles. The molecule has 1 amide bonds. The first-order valence-electron chi connectivity index (χ1n) is 4.93. The van der Waals surface area contributed by atoms with E-state index in [1.807, 2.05) is 0 Å². The second-order valence-corrected chi connectivity index (χ2v) is 6.57. The van der Waals surface area contributed by atoms with Crippen molar-refractivity contribution in [1.82, 2.24) is 4.31 Å². The van der Waals surface area contributed by atoms with Gasteiger partial charge < -0.3 is 10.8 Å². The minimum atomic E-state index is -3.96. The van der Waals surface area contributed by atoms with Crippen molar-refractivity contribution in [2.45, 2.75) is 4.90 Å². The third kappa shape index (κ3) is 3.52. The topological polar surface area (TPSA) is 118 Å². The summed E-state index contributed by atoms with van der Waals surface area (Å²) in [5.41, 5.74) is 4.74. The van der Waals surface area contributed by atoms with Crippen LogP contribution in [0.4, 0.5) is 0 Å². The number of benzene rings is 1. The van der Waals surface area contributed by atoms with E-state index in [4.69, 9.17) is 10.8 Å². The normalized spacial score (nSPS) is 11.5. The summed E-state index contributed by atoms with van der Waals surface area (Å²) < 4.78 is 25.1. The second-order valence-electron chi connectivity index (χ2n) is 3.67. The highest BCUT2D eigenvalue weighted by atomic mass is 79.9. The molecule has 104 valence electrons. The monoisotopic (exact) mass is 350 g/mol. The van der Waals surface area contributed by atoms with E-state index in [9.17, 15) is 18.0 Å². The Morgan fingerprint density at radius 2 is 2.00 bits per heavy atom. The Balaban J connectivity index is 3.26. The predicted molar refractivity (Wildman–Crippen MR) is 70.1 cm³/mol. The Morgan fingerprint density at radius 1 is 1.42 bits per heavy atom. The van der Waals surface area contributed by atoms with Crippen LogP contribution in [-0.2, 0) is 14.8 Å². The smallest absolute Gasteiger partial charge is 0.336 e. The van der Waals surface area contributed by atoms with Crippen molar-refractivity contribution in [3.05, 3.63) is 28.2 Å². The second kappa shape index (κ2) is 5.68. The molecule has 0 atom stereocenters. The molecule has 0 heterocycles. The highest BCUT2D eigenvalue weighted by molar-refractivity contribution is 9.10.